The number of nitrogens with two attached hydrogens (primary N) is 2. The fourth-order valence-corrected chi connectivity index (χ4v) is 2.08. The van der Waals surface area contributed by atoms with Gasteiger partial charge in [0.1, 0.15) is 12.1 Å². The molecule has 0 saturated heterocycles. The SMILES string of the molecule is NCCCCC(NC(=O)CNC(=O)C(CCC(=O)O)NC(=O)CN)C(=O)O. The normalized spacial score (nSPS) is 12.5. The molecule has 2 atom stereocenters. The number of nitrogens with one attached hydrogen (secondary N) is 3. The van der Waals surface area contributed by atoms with E-state index in [4.69, 9.17) is 21.7 Å². The molecule has 0 spiro atoms. The molecule has 0 heterocycles. The first kappa shape index (κ1) is 24.3. The number of carbonyl (C=O) groups is 5. The third-order valence-electron chi connectivity index (χ3n) is 3.49. The molecular weight excluding hydrogens is 362 g/mol. The van der Waals surface area contributed by atoms with Crippen molar-refractivity contribution in [2.45, 2.75) is 44.2 Å². The molecule has 12 nitrogen and oxygen atoms in total. The molecule has 0 aliphatic heterocycles. The van der Waals surface area contributed by atoms with Crippen molar-refractivity contribution in [3.05, 3.63) is 0 Å². The zero-order valence-corrected chi connectivity index (χ0v) is 14.9. The van der Waals surface area contributed by atoms with E-state index in [1.807, 2.05) is 0 Å². The quantitative estimate of drug-likeness (QED) is 0.152. The lowest BCUT2D eigenvalue weighted by Crippen LogP contribution is -2.51. The van der Waals surface area contributed by atoms with Gasteiger partial charge in [-0.25, -0.2) is 4.79 Å². The highest BCUT2D eigenvalue weighted by Crippen LogP contribution is 2.01. The van der Waals surface area contributed by atoms with E-state index in [2.05, 4.69) is 16.0 Å². The molecule has 0 radical (unpaired) electrons. The number of carboxylic acid groups (broad SMARTS) is 2. The van der Waals surface area contributed by atoms with Crippen molar-refractivity contribution in [2.24, 2.45) is 11.5 Å². The van der Waals surface area contributed by atoms with E-state index < -0.39 is 48.3 Å². The Bertz CT molecular complexity index is 541. The van der Waals surface area contributed by atoms with Crippen molar-refractivity contribution >= 4 is 29.7 Å². The minimum atomic E-state index is -1.21. The van der Waals surface area contributed by atoms with E-state index in [1.165, 1.54) is 0 Å². The van der Waals surface area contributed by atoms with Crippen LogP contribution in [0.1, 0.15) is 32.1 Å². The van der Waals surface area contributed by atoms with Gasteiger partial charge in [-0.2, -0.15) is 0 Å². The smallest absolute Gasteiger partial charge is 0.326 e. The average molecular weight is 389 g/mol. The summed E-state index contributed by atoms with van der Waals surface area (Å²) < 4.78 is 0. The highest BCUT2D eigenvalue weighted by atomic mass is 16.4. The Morgan fingerprint density at radius 3 is 2.00 bits per heavy atom. The van der Waals surface area contributed by atoms with E-state index in [1.54, 1.807) is 0 Å². The van der Waals surface area contributed by atoms with E-state index in [9.17, 15) is 24.0 Å². The Kier molecular flexibility index (Phi) is 12.1. The zero-order valence-electron chi connectivity index (χ0n) is 14.9. The fourth-order valence-electron chi connectivity index (χ4n) is 2.08. The molecule has 0 aromatic carbocycles. The molecule has 9 N–H and O–H groups in total. The third-order valence-corrected chi connectivity index (χ3v) is 3.49. The lowest BCUT2D eigenvalue weighted by Gasteiger charge is -2.18. The second-order valence-electron chi connectivity index (χ2n) is 5.72. The maximum atomic E-state index is 12.1. The molecule has 12 heteroatoms. The highest BCUT2D eigenvalue weighted by molar-refractivity contribution is 5.92. The number of unbranched alkanes of at least 4 members (excludes halogenated alkanes) is 1. The van der Waals surface area contributed by atoms with E-state index in [0.29, 0.717) is 19.4 Å². The molecule has 154 valence electrons. The number of rotatable bonds is 14. The summed E-state index contributed by atoms with van der Waals surface area (Å²) in [6.45, 7) is -0.509. The number of amides is 3. The van der Waals surface area contributed by atoms with Crippen molar-refractivity contribution in [1.82, 2.24) is 16.0 Å². The molecule has 27 heavy (non-hydrogen) atoms. The molecule has 0 aliphatic carbocycles. The van der Waals surface area contributed by atoms with Crippen molar-refractivity contribution < 1.29 is 34.2 Å². The summed E-state index contributed by atoms with van der Waals surface area (Å²) in [7, 11) is 0. The average Bonchev–Trinajstić information content (AvgIpc) is 2.61. The first-order chi connectivity index (χ1) is 12.7. The van der Waals surface area contributed by atoms with Gasteiger partial charge in [0.15, 0.2) is 0 Å². The topological polar surface area (TPSA) is 214 Å². The van der Waals surface area contributed by atoms with Gasteiger partial charge in [-0.3, -0.25) is 19.2 Å². The second kappa shape index (κ2) is 13.5. The number of carbonyl (C=O) groups excluding carboxylic acids is 3. The van der Waals surface area contributed by atoms with Crippen LogP contribution in [0.5, 0.6) is 0 Å². The lowest BCUT2D eigenvalue weighted by atomic mass is 10.1. The molecule has 0 aromatic heterocycles. The summed E-state index contributed by atoms with van der Waals surface area (Å²) in [5.74, 6) is -4.53. The van der Waals surface area contributed by atoms with Gasteiger partial charge < -0.3 is 37.6 Å². The molecule has 3 amide bonds. The minimum absolute atomic E-state index is 0.189. The van der Waals surface area contributed by atoms with Gasteiger partial charge in [0, 0.05) is 6.42 Å². The maximum Gasteiger partial charge on any atom is 0.326 e. The van der Waals surface area contributed by atoms with Crippen LogP contribution in [0.2, 0.25) is 0 Å². The van der Waals surface area contributed by atoms with Gasteiger partial charge in [0.05, 0.1) is 13.1 Å². The Balaban J connectivity index is 4.60. The summed E-state index contributed by atoms with van der Waals surface area (Å²) >= 11 is 0. The number of aliphatic carboxylic acids is 2. The van der Waals surface area contributed by atoms with E-state index in [0.717, 1.165) is 0 Å². The van der Waals surface area contributed by atoms with E-state index in [-0.39, 0.29) is 25.8 Å². The third kappa shape index (κ3) is 11.5. The van der Waals surface area contributed by atoms with Crippen LogP contribution >= 0.6 is 0 Å². The zero-order chi connectivity index (χ0) is 20.8. The molecule has 0 aliphatic rings. The van der Waals surface area contributed by atoms with Crippen LogP contribution in [0.25, 0.3) is 0 Å². The first-order valence-electron chi connectivity index (χ1n) is 8.42. The Hall–Kier alpha value is -2.73. The Labute approximate surface area is 156 Å². The van der Waals surface area contributed by atoms with Crippen LogP contribution in [0, 0.1) is 0 Å². The molecular formula is C15H27N5O7. The van der Waals surface area contributed by atoms with Crippen molar-refractivity contribution in [2.75, 3.05) is 19.6 Å². The molecule has 0 rings (SSSR count). The van der Waals surface area contributed by atoms with Gasteiger partial charge in [-0.05, 0) is 32.2 Å². The molecule has 0 bridgehead atoms. The maximum absolute atomic E-state index is 12.1. The summed E-state index contributed by atoms with van der Waals surface area (Å²) in [4.78, 5) is 57.0. The monoisotopic (exact) mass is 389 g/mol. The minimum Gasteiger partial charge on any atom is -0.481 e. The van der Waals surface area contributed by atoms with Crippen LogP contribution in [-0.4, -0.2) is 71.6 Å². The summed E-state index contributed by atoms with van der Waals surface area (Å²) in [5, 5.41) is 24.6. The van der Waals surface area contributed by atoms with Gasteiger partial charge in [0.2, 0.25) is 17.7 Å². The van der Waals surface area contributed by atoms with Crippen LogP contribution in [0.15, 0.2) is 0 Å². The summed E-state index contributed by atoms with van der Waals surface area (Å²) in [5.41, 5.74) is 10.5. The Morgan fingerprint density at radius 2 is 1.48 bits per heavy atom. The van der Waals surface area contributed by atoms with Crippen molar-refractivity contribution in [1.29, 1.82) is 0 Å². The fraction of sp³-hybridized carbons (Fsp3) is 0.667. The van der Waals surface area contributed by atoms with Gasteiger partial charge >= 0.3 is 11.9 Å². The standard InChI is InChI=1S/C15H27N5O7/c16-6-2-1-3-10(15(26)27)20-12(22)8-18-14(25)9(4-5-13(23)24)19-11(21)7-17/h9-10H,1-8,16-17H2,(H,18,25)(H,19,21)(H,20,22)(H,23,24)(H,26,27). The van der Waals surface area contributed by atoms with E-state index >= 15 is 0 Å². The molecule has 0 aromatic rings. The van der Waals surface area contributed by atoms with Gasteiger partial charge in [0.25, 0.3) is 0 Å². The summed E-state index contributed by atoms with van der Waals surface area (Å²) in [6, 6.07) is -2.29. The number of carboxylic acids is 2. The van der Waals surface area contributed by atoms with Gasteiger partial charge in [-0.1, -0.05) is 0 Å². The van der Waals surface area contributed by atoms with Crippen LogP contribution in [0.4, 0.5) is 0 Å². The van der Waals surface area contributed by atoms with Crippen molar-refractivity contribution in [3.63, 3.8) is 0 Å². The largest absolute Gasteiger partial charge is 0.481 e. The Morgan fingerprint density at radius 1 is 0.852 bits per heavy atom. The lowest BCUT2D eigenvalue weighted by molar-refractivity contribution is -0.142. The molecule has 0 fully saturated rings. The second-order valence-corrected chi connectivity index (χ2v) is 5.72. The van der Waals surface area contributed by atoms with Crippen LogP contribution in [0.3, 0.4) is 0 Å². The predicted molar refractivity (Wildman–Crippen MR) is 93.3 cm³/mol. The number of hydrogen-bond acceptors (Lipinski definition) is 7. The summed E-state index contributed by atoms with van der Waals surface area (Å²) in [6.07, 6.45) is 0.758. The van der Waals surface area contributed by atoms with Crippen molar-refractivity contribution in [3.8, 4) is 0 Å². The first-order valence-corrected chi connectivity index (χ1v) is 8.42. The molecule has 2 unspecified atom stereocenters. The number of hydrogen-bond donors (Lipinski definition) is 7. The molecule has 0 saturated carbocycles. The van der Waals surface area contributed by atoms with Crippen LogP contribution in [-0.2, 0) is 24.0 Å². The highest BCUT2D eigenvalue weighted by Gasteiger charge is 2.23. The van der Waals surface area contributed by atoms with Gasteiger partial charge in [-0.15, -0.1) is 0 Å². The predicted octanol–water partition coefficient (Wildman–Crippen LogP) is -2.89. The van der Waals surface area contributed by atoms with Crippen LogP contribution < -0.4 is 27.4 Å².